The molecule has 0 bridgehead atoms. The number of aliphatic hydroxyl groups is 1. The fourth-order valence-corrected chi connectivity index (χ4v) is 3.03. The van der Waals surface area contributed by atoms with Crippen LogP contribution in [0, 0.1) is 5.92 Å². The maximum Gasteiger partial charge on any atom is 0.0443 e. The Kier molecular flexibility index (Phi) is 8.64. The highest BCUT2D eigenvalue weighted by molar-refractivity contribution is 4.81. The Morgan fingerprint density at radius 2 is 2.00 bits per heavy atom. The smallest absolute Gasteiger partial charge is 0.0443 e. The van der Waals surface area contributed by atoms with E-state index in [0.29, 0.717) is 12.6 Å². The third-order valence-corrected chi connectivity index (χ3v) is 4.06. The van der Waals surface area contributed by atoms with Gasteiger partial charge in [0.2, 0.25) is 0 Å². The molecule has 1 fully saturated rings. The molecule has 2 unspecified atom stereocenters. The average Bonchev–Trinajstić information content (AvgIpc) is 2.59. The summed E-state index contributed by atoms with van der Waals surface area (Å²) in [6.45, 7) is 5.91. The van der Waals surface area contributed by atoms with Crippen LogP contribution in [0.2, 0.25) is 0 Å². The Bertz CT molecular complexity index is 199. The first-order chi connectivity index (χ1) is 8.77. The predicted molar refractivity (Wildman–Crippen MR) is 77.9 cm³/mol. The van der Waals surface area contributed by atoms with Gasteiger partial charge in [0.15, 0.2) is 0 Å². The van der Waals surface area contributed by atoms with E-state index in [1.54, 1.807) is 0 Å². The summed E-state index contributed by atoms with van der Waals surface area (Å²) in [4.78, 5) is 2.40. The second-order valence-electron chi connectivity index (χ2n) is 5.80. The molecule has 2 N–H and O–H groups in total. The molecular weight excluding hydrogens is 224 g/mol. The van der Waals surface area contributed by atoms with Crippen LogP contribution in [-0.2, 0) is 0 Å². The van der Waals surface area contributed by atoms with Gasteiger partial charge in [0.25, 0.3) is 0 Å². The lowest BCUT2D eigenvalue weighted by atomic mass is 9.94. The lowest BCUT2D eigenvalue weighted by molar-refractivity contribution is 0.202. The number of nitrogens with zero attached hydrogens (tertiary/aromatic N) is 1. The van der Waals surface area contributed by atoms with Gasteiger partial charge in [0.05, 0.1) is 0 Å². The van der Waals surface area contributed by atoms with Crippen molar-refractivity contribution in [3.05, 3.63) is 0 Å². The number of rotatable bonds is 8. The first-order valence-electron chi connectivity index (χ1n) is 7.80. The second-order valence-corrected chi connectivity index (χ2v) is 5.80. The zero-order valence-corrected chi connectivity index (χ0v) is 12.3. The minimum Gasteiger partial charge on any atom is -0.396 e. The van der Waals surface area contributed by atoms with Gasteiger partial charge in [-0.1, -0.05) is 26.2 Å². The van der Waals surface area contributed by atoms with Gasteiger partial charge in [-0.3, -0.25) is 0 Å². The van der Waals surface area contributed by atoms with Crippen LogP contribution in [-0.4, -0.2) is 49.3 Å². The van der Waals surface area contributed by atoms with Crippen LogP contribution in [0.5, 0.6) is 0 Å². The van der Waals surface area contributed by atoms with Crippen molar-refractivity contribution in [2.24, 2.45) is 5.92 Å². The molecule has 1 rings (SSSR count). The summed E-state index contributed by atoms with van der Waals surface area (Å²) in [6, 6.07) is 0.712. The van der Waals surface area contributed by atoms with Crippen LogP contribution >= 0.6 is 0 Å². The van der Waals surface area contributed by atoms with E-state index in [1.165, 1.54) is 45.1 Å². The predicted octanol–water partition coefficient (Wildman–Crippen LogP) is 2.25. The molecule has 0 spiro atoms. The standard InChI is InChI=1S/C15H32N2O/c1-3-10-16-15-9-6-4-5-8-14(15)13-17(2)11-7-12-18/h14-16,18H,3-13H2,1-2H3. The average molecular weight is 256 g/mol. The van der Waals surface area contributed by atoms with Crippen LogP contribution in [0.15, 0.2) is 0 Å². The molecule has 0 aromatic heterocycles. The molecule has 0 aliphatic heterocycles. The zero-order chi connectivity index (χ0) is 13.2. The molecule has 1 saturated carbocycles. The monoisotopic (exact) mass is 256 g/mol. The molecule has 0 amide bonds. The Morgan fingerprint density at radius 1 is 1.22 bits per heavy atom. The van der Waals surface area contributed by atoms with Crippen molar-refractivity contribution < 1.29 is 5.11 Å². The molecule has 0 aromatic carbocycles. The van der Waals surface area contributed by atoms with E-state index >= 15 is 0 Å². The van der Waals surface area contributed by atoms with E-state index in [0.717, 1.165) is 25.4 Å². The van der Waals surface area contributed by atoms with Crippen molar-refractivity contribution in [3.63, 3.8) is 0 Å². The Balaban J connectivity index is 2.39. The van der Waals surface area contributed by atoms with Gasteiger partial charge in [-0.15, -0.1) is 0 Å². The van der Waals surface area contributed by atoms with E-state index in [4.69, 9.17) is 5.11 Å². The van der Waals surface area contributed by atoms with Gasteiger partial charge in [0, 0.05) is 25.7 Å². The second kappa shape index (κ2) is 9.76. The van der Waals surface area contributed by atoms with Crippen molar-refractivity contribution in [2.45, 2.75) is 57.9 Å². The maximum atomic E-state index is 8.90. The summed E-state index contributed by atoms with van der Waals surface area (Å²) in [5, 5.41) is 12.6. The van der Waals surface area contributed by atoms with Crippen molar-refractivity contribution >= 4 is 0 Å². The minimum atomic E-state index is 0.312. The lowest BCUT2D eigenvalue weighted by Gasteiger charge is -2.30. The molecule has 0 heterocycles. The van der Waals surface area contributed by atoms with Gasteiger partial charge in [-0.25, -0.2) is 0 Å². The number of aliphatic hydroxyl groups excluding tert-OH is 1. The van der Waals surface area contributed by atoms with Gasteiger partial charge >= 0.3 is 0 Å². The van der Waals surface area contributed by atoms with Crippen molar-refractivity contribution in [1.29, 1.82) is 0 Å². The summed E-state index contributed by atoms with van der Waals surface area (Å²) >= 11 is 0. The van der Waals surface area contributed by atoms with Crippen LogP contribution in [0.4, 0.5) is 0 Å². The van der Waals surface area contributed by atoms with Crippen molar-refractivity contribution in [3.8, 4) is 0 Å². The summed E-state index contributed by atoms with van der Waals surface area (Å²) in [7, 11) is 2.19. The molecule has 1 aliphatic carbocycles. The SMILES string of the molecule is CCCNC1CCCCCC1CN(C)CCCO. The van der Waals surface area contributed by atoms with Crippen molar-refractivity contribution in [2.75, 3.05) is 33.3 Å². The van der Waals surface area contributed by atoms with Crippen LogP contribution in [0.25, 0.3) is 0 Å². The highest BCUT2D eigenvalue weighted by Gasteiger charge is 2.23. The van der Waals surface area contributed by atoms with E-state index in [-0.39, 0.29) is 0 Å². The summed E-state index contributed by atoms with van der Waals surface area (Å²) in [5.74, 6) is 0.794. The molecule has 1 aliphatic rings. The van der Waals surface area contributed by atoms with Crippen LogP contribution in [0.3, 0.4) is 0 Å². The van der Waals surface area contributed by atoms with Crippen LogP contribution in [0.1, 0.15) is 51.9 Å². The topological polar surface area (TPSA) is 35.5 Å². The molecule has 0 radical (unpaired) electrons. The summed E-state index contributed by atoms with van der Waals surface area (Å²) in [5.41, 5.74) is 0. The molecular formula is C15H32N2O. The van der Waals surface area contributed by atoms with E-state index in [9.17, 15) is 0 Å². The van der Waals surface area contributed by atoms with Gasteiger partial charge < -0.3 is 15.3 Å². The molecule has 108 valence electrons. The number of hydrogen-bond donors (Lipinski definition) is 2. The molecule has 0 saturated heterocycles. The van der Waals surface area contributed by atoms with Gasteiger partial charge in [0.1, 0.15) is 0 Å². The highest BCUT2D eigenvalue weighted by atomic mass is 16.3. The maximum absolute atomic E-state index is 8.90. The van der Waals surface area contributed by atoms with Gasteiger partial charge in [-0.05, 0) is 45.2 Å². The molecule has 18 heavy (non-hydrogen) atoms. The van der Waals surface area contributed by atoms with E-state index in [2.05, 4.69) is 24.2 Å². The Morgan fingerprint density at radius 3 is 2.72 bits per heavy atom. The Hall–Kier alpha value is -0.120. The summed E-state index contributed by atoms with van der Waals surface area (Å²) < 4.78 is 0. The van der Waals surface area contributed by atoms with Gasteiger partial charge in [-0.2, -0.15) is 0 Å². The number of hydrogen-bond acceptors (Lipinski definition) is 3. The van der Waals surface area contributed by atoms with E-state index in [1.807, 2.05) is 0 Å². The fraction of sp³-hybridized carbons (Fsp3) is 1.00. The fourth-order valence-electron chi connectivity index (χ4n) is 3.03. The van der Waals surface area contributed by atoms with Crippen molar-refractivity contribution in [1.82, 2.24) is 10.2 Å². The molecule has 0 aromatic rings. The molecule has 3 heteroatoms. The largest absolute Gasteiger partial charge is 0.396 e. The highest BCUT2D eigenvalue weighted by Crippen LogP contribution is 2.24. The lowest BCUT2D eigenvalue weighted by Crippen LogP contribution is -2.41. The third kappa shape index (κ3) is 6.17. The van der Waals surface area contributed by atoms with Crippen LogP contribution < -0.4 is 5.32 Å². The Labute approximate surface area is 113 Å². The number of nitrogens with one attached hydrogen (secondary N) is 1. The quantitative estimate of drug-likeness (QED) is 0.654. The third-order valence-electron chi connectivity index (χ3n) is 4.06. The first-order valence-corrected chi connectivity index (χ1v) is 7.80. The summed E-state index contributed by atoms with van der Waals surface area (Å²) in [6.07, 6.45) is 9.02. The first kappa shape index (κ1) is 15.9. The minimum absolute atomic E-state index is 0.312. The zero-order valence-electron chi connectivity index (χ0n) is 12.3. The molecule has 3 nitrogen and oxygen atoms in total. The normalized spacial score (nSPS) is 25.3. The van der Waals surface area contributed by atoms with E-state index < -0.39 is 0 Å². The molecule has 2 atom stereocenters.